The van der Waals surface area contributed by atoms with Crippen molar-refractivity contribution in [3.8, 4) is 0 Å². The fourth-order valence-corrected chi connectivity index (χ4v) is 4.98. The van der Waals surface area contributed by atoms with Crippen LogP contribution in [0.2, 0.25) is 0 Å². The second-order valence-electron chi connectivity index (χ2n) is 9.03. The van der Waals surface area contributed by atoms with Crippen LogP contribution in [0.4, 0.5) is 4.79 Å². The monoisotopic (exact) mass is 434 g/mol. The highest BCUT2D eigenvalue weighted by atomic mass is 16.2. The molecule has 32 heavy (non-hydrogen) atoms. The number of carbonyl (C=O) groups excluding carboxylic acids is 3. The third kappa shape index (κ3) is 3.39. The van der Waals surface area contributed by atoms with E-state index >= 15 is 0 Å². The van der Waals surface area contributed by atoms with Gasteiger partial charge in [0, 0.05) is 29.9 Å². The van der Waals surface area contributed by atoms with Crippen LogP contribution in [0.5, 0.6) is 0 Å². The third-order valence-corrected chi connectivity index (χ3v) is 6.99. The molecule has 1 saturated heterocycles. The molecule has 0 bridgehead atoms. The average molecular weight is 434 g/mol. The molecule has 0 radical (unpaired) electrons. The maximum Gasteiger partial charge on any atom is 0.325 e. The van der Waals surface area contributed by atoms with Gasteiger partial charge in [0.25, 0.3) is 5.91 Å². The first-order valence-electron chi connectivity index (χ1n) is 11.1. The number of hydrogen-bond acceptors (Lipinski definition) is 4. The Morgan fingerprint density at radius 3 is 2.62 bits per heavy atom. The van der Waals surface area contributed by atoms with Crippen molar-refractivity contribution in [1.82, 2.24) is 20.1 Å². The standard InChI is InChI=1S/C24H26N4O4/c1-15(17-7-8-17)27(13-16-5-3-2-4-6-16)21(30)14-28-22(31)24(26-23(28)32)12-11-19-18(24)9-10-20(29)25-19/h2-6,9-10,15,17H,7-8,11-14H2,1H3,(H,25,29)(H,26,32). The number of nitrogens with one attached hydrogen (secondary N) is 2. The lowest BCUT2D eigenvalue weighted by Crippen LogP contribution is -2.47. The number of pyridine rings is 1. The summed E-state index contributed by atoms with van der Waals surface area (Å²) in [6.07, 6.45) is 3.02. The minimum Gasteiger partial charge on any atom is -0.334 e. The zero-order valence-electron chi connectivity index (χ0n) is 18.0. The van der Waals surface area contributed by atoms with Gasteiger partial charge in [0.05, 0.1) is 0 Å². The molecule has 166 valence electrons. The van der Waals surface area contributed by atoms with Crippen molar-refractivity contribution in [2.24, 2.45) is 5.92 Å². The fourth-order valence-electron chi connectivity index (χ4n) is 4.98. The Morgan fingerprint density at radius 2 is 1.91 bits per heavy atom. The maximum absolute atomic E-state index is 13.4. The Hall–Kier alpha value is -3.42. The minimum absolute atomic E-state index is 0.0368. The summed E-state index contributed by atoms with van der Waals surface area (Å²) in [7, 11) is 0. The molecule has 3 aliphatic rings. The molecule has 1 aliphatic heterocycles. The average Bonchev–Trinajstić information content (AvgIpc) is 3.54. The molecule has 1 aromatic carbocycles. The first-order chi connectivity index (χ1) is 15.4. The molecular formula is C24H26N4O4. The zero-order valence-corrected chi connectivity index (χ0v) is 18.0. The van der Waals surface area contributed by atoms with Gasteiger partial charge in [-0.15, -0.1) is 0 Å². The Balaban J connectivity index is 1.38. The number of urea groups is 1. The Kier molecular flexibility index (Phi) is 4.87. The number of aromatic amines is 1. The summed E-state index contributed by atoms with van der Waals surface area (Å²) >= 11 is 0. The number of rotatable bonds is 6. The lowest BCUT2D eigenvalue weighted by Gasteiger charge is -2.31. The lowest BCUT2D eigenvalue weighted by atomic mass is 9.92. The van der Waals surface area contributed by atoms with E-state index in [9.17, 15) is 19.2 Å². The molecule has 2 unspecified atom stereocenters. The molecule has 1 saturated carbocycles. The van der Waals surface area contributed by atoms with Crippen LogP contribution in [-0.2, 0) is 28.1 Å². The maximum atomic E-state index is 13.4. The summed E-state index contributed by atoms with van der Waals surface area (Å²) in [6, 6.07) is 12.2. The van der Waals surface area contributed by atoms with E-state index in [0.717, 1.165) is 23.3 Å². The van der Waals surface area contributed by atoms with Gasteiger partial charge in [-0.3, -0.25) is 19.3 Å². The molecule has 2 heterocycles. The van der Waals surface area contributed by atoms with Gasteiger partial charge in [-0.1, -0.05) is 30.3 Å². The van der Waals surface area contributed by atoms with Crippen molar-refractivity contribution in [3.05, 3.63) is 69.6 Å². The molecular weight excluding hydrogens is 408 g/mol. The van der Waals surface area contributed by atoms with E-state index in [1.807, 2.05) is 37.3 Å². The Morgan fingerprint density at radius 1 is 1.16 bits per heavy atom. The molecule has 2 aromatic rings. The van der Waals surface area contributed by atoms with E-state index in [2.05, 4.69) is 10.3 Å². The Labute approximate surface area is 185 Å². The fraction of sp³-hybridized carbons (Fsp3) is 0.417. The predicted octanol–water partition coefficient (Wildman–Crippen LogP) is 1.90. The highest BCUT2D eigenvalue weighted by Gasteiger charge is 2.56. The molecule has 2 fully saturated rings. The van der Waals surface area contributed by atoms with Gasteiger partial charge < -0.3 is 15.2 Å². The van der Waals surface area contributed by atoms with E-state index in [1.165, 1.54) is 6.07 Å². The van der Waals surface area contributed by atoms with Crippen LogP contribution in [0.15, 0.2) is 47.3 Å². The molecule has 2 N–H and O–H groups in total. The van der Waals surface area contributed by atoms with Crippen LogP contribution in [0, 0.1) is 5.92 Å². The predicted molar refractivity (Wildman–Crippen MR) is 116 cm³/mol. The third-order valence-electron chi connectivity index (χ3n) is 6.99. The van der Waals surface area contributed by atoms with Crippen LogP contribution in [0.3, 0.4) is 0 Å². The van der Waals surface area contributed by atoms with E-state index in [4.69, 9.17) is 0 Å². The molecule has 1 aromatic heterocycles. The van der Waals surface area contributed by atoms with E-state index in [-0.39, 0.29) is 24.1 Å². The van der Waals surface area contributed by atoms with Crippen molar-refractivity contribution in [1.29, 1.82) is 0 Å². The van der Waals surface area contributed by atoms with Gasteiger partial charge in [-0.25, -0.2) is 4.79 Å². The summed E-state index contributed by atoms with van der Waals surface area (Å²) in [5.74, 6) is -0.218. The highest BCUT2D eigenvalue weighted by molar-refractivity contribution is 6.09. The van der Waals surface area contributed by atoms with Crippen molar-refractivity contribution in [2.45, 2.75) is 50.7 Å². The molecule has 4 amide bonds. The molecule has 8 nitrogen and oxygen atoms in total. The lowest BCUT2D eigenvalue weighted by molar-refractivity contribution is -0.141. The van der Waals surface area contributed by atoms with Crippen molar-refractivity contribution in [3.63, 3.8) is 0 Å². The number of H-pyrrole nitrogens is 1. The molecule has 1 spiro atoms. The Bertz CT molecular complexity index is 1140. The number of aromatic nitrogens is 1. The zero-order chi connectivity index (χ0) is 22.5. The number of amides is 4. The summed E-state index contributed by atoms with van der Waals surface area (Å²) in [5.41, 5.74) is 0.833. The van der Waals surface area contributed by atoms with Gasteiger partial charge in [0.15, 0.2) is 0 Å². The topological polar surface area (TPSA) is 103 Å². The molecule has 2 atom stereocenters. The minimum atomic E-state index is -1.21. The van der Waals surface area contributed by atoms with Gasteiger partial charge >= 0.3 is 6.03 Å². The number of imide groups is 1. The van der Waals surface area contributed by atoms with Crippen molar-refractivity contribution < 1.29 is 14.4 Å². The van der Waals surface area contributed by atoms with Crippen LogP contribution >= 0.6 is 0 Å². The van der Waals surface area contributed by atoms with Crippen molar-refractivity contribution >= 4 is 17.8 Å². The van der Waals surface area contributed by atoms with Gasteiger partial charge in [0.2, 0.25) is 11.5 Å². The summed E-state index contributed by atoms with van der Waals surface area (Å²) in [6.45, 7) is 2.18. The first-order valence-corrected chi connectivity index (χ1v) is 11.1. The van der Waals surface area contributed by atoms with Gasteiger partial charge in [-0.05, 0) is 50.2 Å². The van der Waals surface area contributed by atoms with Crippen LogP contribution in [0.1, 0.15) is 43.0 Å². The second-order valence-corrected chi connectivity index (χ2v) is 9.03. The summed E-state index contributed by atoms with van der Waals surface area (Å²) in [4.78, 5) is 56.8. The second kappa shape index (κ2) is 7.62. The van der Waals surface area contributed by atoms with Gasteiger partial charge in [0.1, 0.15) is 12.1 Å². The molecule has 5 rings (SSSR count). The van der Waals surface area contributed by atoms with Crippen LogP contribution < -0.4 is 10.9 Å². The normalized spacial score (nSPS) is 22.7. The summed E-state index contributed by atoms with van der Waals surface area (Å²) < 4.78 is 0. The van der Waals surface area contributed by atoms with E-state index < -0.39 is 17.5 Å². The first kappa shape index (κ1) is 20.5. The van der Waals surface area contributed by atoms with E-state index in [1.54, 1.807) is 11.0 Å². The number of benzene rings is 1. The van der Waals surface area contributed by atoms with Gasteiger partial charge in [-0.2, -0.15) is 0 Å². The summed E-state index contributed by atoms with van der Waals surface area (Å²) in [5, 5.41) is 2.81. The number of nitrogens with zero attached hydrogens (tertiary/aromatic N) is 2. The SMILES string of the molecule is CC(C1CC1)N(Cc1ccccc1)C(=O)CN1C(=O)NC2(CCc3[nH]c(=O)ccc32)C1=O. The molecule has 8 heteroatoms. The number of hydrogen-bond donors (Lipinski definition) is 2. The largest absolute Gasteiger partial charge is 0.334 e. The number of carbonyl (C=O) groups is 3. The van der Waals surface area contributed by atoms with Crippen LogP contribution in [-0.4, -0.2) is 45.2 Å². The number of aryl methyl sites for hydroxylation is 1. The smallest absolute Gasteiger partial charge is 0.325 e. The quantitative estimate of drug-likeness (QED) is 0.678. The number of fused-ring (bicyclic) bond motifs is 2. The van der Waals surface area contributed by atoms with Crippen LogP contribution in [0.25, 0.3) is 0 Å². The van der Waals surface area contributed by atoms with E-state index in [0.29, 0.717) is 36.6 Å². The molecule has 2 aliphatic carbocycles. The highest BCUT2D eigenvalue weighted by Crippen LogP contribution is 2.40. The van der Waals surface area contributed by atoms with Crippen molar-refractivity contribution in [2.75, 3.05) is 6.54 Å².